The van der Waals surface area contributed by atoms with Gasteiger partial charge in [-0.2, -0.15) is 0 Å². The summed E-state index contributed by atoms with van der Waals surface area (Å²) in [6, 6.07) is 10.5. The predicted molar refractivity (Wildman–Crippen MR) is 111 cm³/mol. The molecule has 0 atom stereocenters. The fraction of sp³-hybridized carbons (Fsp3) is 0.333. The van der Waals surface area contributed by atoms with Crippen molar-refractivity contribution in [2.75, 3.05) is 5.32 Å². The number of anilines is 2. The first-order chi connectivity index (χ1) is 13.0. The molecule has 140 valence electrons. The smallest absolute Gasteiger partial charge is 0.250 e. The summed E-state index contributed by atoms with van der Waals surface area (Å²) in [6.45, 7) is 4.06. The van der Waals surface area contributed by atoms with E-state index >= 15 is 0 Å². The van der Waals surface area contributed by atoms with E-state index in [9.17, 15) is 4.79 Å². The molecule has 2 aromatic heterocycles. The average Bonchev–Trinajstić information content (AvgIpc) is 3.36. The summed E-state index contributed by atoms with van der Waals surface area (Å²) in [4.78, 5) is 16.7. The number of nitrogens with one attached hydrogen (secondary N) is 1. The molecule has 1 aliphatic carbocycles. The van der Waals surface area contributed by atoms with E-state index in [2.05, 4.69) is 22.9 Å². The Morgan fingerprint density at radius 2 is 2.00 bits per heavy atom. The van der Waals surface area contributed by atoms with Gasteiger partial charge in [0.25, 0.3) is 5.91 Å². The fourth-order valence-electron chi connectivity index (χ4n) is 3.98. The monoisotopic (exact) mass is 380 g/mol. The summed E-state index contributed by atoms with van der Waals surface area (Å²) >= 11 is 1.57. The van der Waals surface area contributed by atoms with E-state index in [4.69, 9.17) is 10.7 Å². The first-order valence-corrected chi connectivity index (χ1v) is 10.2. The quantitative estimate of drug-likeness (QED) is 0.640. The Hall–Kier alpha value is -2.60. The van der Waals surface area contributed by atoms with E-state index in [1.807, 2.05) is 36.6 Å². The van der Waals surface area contributed by atoms with Gasteiger partial charge in [-0.3, -0.25) is 4.79 Å². The van der Waals surface area contributed by atoms with Crippen LogP contribution in [0.15, 0.2) is 35.7 Å². The number of thiazole rings is 1. The van der Waals surface area contributed by atoms with Crippen LogP contribution in [0.3, 0.4) is 0 Å². The van der Waals surface area contributed by atoms with Gasteiger partial charge in [-0.05, 0) is 44.4 Å². The molecule has 1 aromatic carbocycles. The van der Waals surface area contributed by atoms with Gasteiger partial charge >= 0.3 is 0 Å². The van der Waals surface area contributed by atoms with Gasteiger partial charge in [-0.25, -0.2) is 4.98 Å². The molecule has 0 bridgehead atoms. The number of carbonyl (C=O) groups excluding carboxylic acids is 1. The van der Waals surface area contributed by atoms with Crippen LogP contribution in [0.4, 0.5) is 10.8 Å². The van der Waals surface area contributed by atoms with Crippen molar-refractivity contribution in [3.63, 3.8) is 0 Å². The van der Waals surface area contributed by atoms with Crippen LogP contribution in [0.25, 0.3) is 11.4 Å². The van der Waals surface area contributed by atoms with Crippen LogP contribution in [-0.4, -0.2) is 15.5 Å². The number of carbonyl (C=O) groups is 1. The summed E-state index contributed by atoms with van der Waals surface area (Å²) in [7, 11) is 0. The second-order valence-corrected chi connectivity index (χ2v) is 8.04. The van der Waals surface area contributed by atoms with Crippen LogP contribution in [0, 0.1) is 13.8 Å². The van der Waals surface area contributed by atoms with Gasteiger partial charge in [-0.1, -0.05) is 31.0 Å². The number of amides is 1. The third-order valence-corrected chi connectivity index (χ3v) is 6.16. The van der Waals surface area contributed by atoms with E-state index < -0.39 is 0 Å². The highest BCUT2D eigenvalue weighted by Crippen LogP contribution is 2.38. The van der Waals surface area contributed by atoms with Crippen LogP contribution < -0.4 is 11.1 Å². The lowest BCUT2D eigenvalue weighted by Crippen LogP contribution is -2.14. The lowest BCUT2D eigenvalue weighted by Gasteiger charge is -2.18. The summed E-state index contributed by atoms with van der Waals surface area (Å²) in [5, 5.41) is 6.29. The van der Waals surface area contributed by atoms with Gasteiger partial charge in [0.1, 0.15) is 0 Å². The van der Waals surface area contributed by atoms with E-state index in [-0.39, 0.29) is 5.91 Å². The number of hydrogen-bond donors (Lipinski definition) is 2. The van der Waals surface area contributed by atoms with Gasteiger partial charge in [0.05, 0.1) is 17.0 Å². The molecule has 1 aliphatic rings. The van der Waals surface area contributed by atoms with Crippen LogP contribution in [0.1, 0.15) is 53.3 Å². The highest BCUT2D eigenvalue weighted by Gasteiger charge is 2.25. The molecule has 0 spiro atoms. The van der Waals surface area contributed by atoms with E-state index in [0.717, 1.165) is 40.7 Å². The number of primary amides is 1. The molecular formula is C21H24N4OS. The van der Waals surface area contributed by atoms with Crippen molar-refractivity contribution < 1.29 is 4.79 Å². The molecule has 1 fully saturated rings. The summed E-state index contributed by atoms with van der Waals surface area (Å²) in [5.74, 6) is -0.376. The van der Waals surface area contributed by atoms with Gasteiger partial charge in [0.2, 0.25) is 0 Å². The third kappa shape index (κ3) is 3.37. The Morgan fingerprint density at radius 1 is 1.26 bits per heavy atom. The van der Waals surface area contributed by atoms with Crippen LogP contribution >= 0.6 is 11.3 Å². The van der Waals surface area contributed by atoms with Crippen molar-refractivity contribution in [2.24, 2.45) is 5.73 Å². The molecule has 6 heteroatoms. The summed E-state index contributed by atoms with van der Waals surface area (Å²) in [6.07, 6.45) is 4.73. The van der Waals surface area contributed by atoms with Gasteiger partial charge in [-0.15, -0.1) is 11.3 Å². The Labute approximate surface area is 163 Å². The molecule has 4 rings (SSSR count). The number of nitrogens with zero attached hydrogens (tertiary/aromatic N) is 2. The maximum Gasteiger partial charge on any atom is 0.250 e. The minimum Gasteiger partial charge on any atom is -0.366 e. The number of nitrogens with two attached hydrogens (primary N) is 1. The standard InChI is InChI=1S/C21H24N4OS/c1-13-7-3-6-10-17(13)23-21-24-18(12-27-21)19-11-16(20(22)26)14(2)25(19)15-8-4-5-9-15/h3,6-7,10-12,15H,4-5,8-9H2,1-2H3,(H2,22,26)(H,23,24). The molecule has 3 N–H and O–H groups in total. The van der Waals surface area contributed by atoms with Gasteiger partial charge in [0, 0.05) is 22.8 Å². The Kier molecular flexibility index (Phi) is 4.74. The first-order valence-electron chi connectivity index (χ1n) is 9.35. The molecule has 3 aromatic rings. The van der Waals surface area contributed by atoms with Crippen molar-refractivity contribution >= 4 is 28.1 Å². The molecule has 0 radical (unpaired) electrons. The largest absolute Gasteiger partial charge is 0.366 e. The number of benzene rings is 1. The zero-order valence-corrected chi connectivity index (χ0v) is 16.5. The minimum absolute atomic E-state index is 0.376. The number of aromatic nitrogens is 2. The lowest BCUT2D eigenvalue weighted by atomic mass is 10.2. The number of para-hydroxylation sites is 1. The molecule has 2 heterocycles. The van der Waals surface area contributed by atoms with Crippen LogP contribution in [-0.2, 0) is 0 Å². The van der Waals surface area contributed by atoms with Gasteiger partial charge in [0.15, 0.2) is 5.13 Å². The molecule has 1 saturated carbocycles. The topological polar surface area (TPSA) is 72.9 Å². The normalized spacial score (nSPS) is 14.6. The Morgan fingerprint density at radius 3 is 2.70 bits per heavy atom. The third-order valence-electron chi connectivity index (χ3n) is 5.40. The average molecular weight is 381 g/mol. The van der Waals surface area contributed by atoms with Gasteiger partial charge < -0.3 is 15.6 Å². The van der Waals surface area contributed by atoms with Crippen molar-refractivity contribution in [3.8, 4) is 11.4 Å². The molecule has 1 amide bonds. The fourth-order valence-corrected chi connectivity index (χ4v) is 4.69. The number of aryl methyl sites for hydroxylation is 1. The molecule has 0 aliphatic heterocycles. The molecule has 0 saturated heterocycles. The maximum absolute atomic E-state index is 11.9. The molecule has 27 heavy (non-hydrogen) atoms. The summed E-state index contributed by atoms with van der Waals surface area (Å²) in [5.41, 5.74) is 11.3. The highest BCUT2D eigenvalue weighted by molar-refractivity contribution is 7.14. The lowest BCUT2D eigenvalue weighted by molar-refractivity contribution is 0.0999. The highest BCUT2D eigenvalue weighted by atomic mass is 32.1. The SMILES string of the molecule is Cc1ccccc1Nc1nc(-c2cc(C(N)=O)c(C)n2C2CCCC2)cs1. The van der Waals surface area contributed by atoms with Crippen molar-refractivity contribution in [1.29, 1.82) is 0 Å². The van der Waals surface area contributed by atoms with E-state index in [1.165, 1.54) is 18.4 Å². The summed E-state index contributed by atoms with van der Waals surface area (Å²) < 4.78 is 2.28. The van der Waals surface area contributed by atoms with Crippen molar-refractivity contribution in [3.05, 3.63) is 52.5 Å². The molecule has 5 nitrogen and oxygen atoms in total. The Bertz CT molecular complexity index is 982. The second-order valence-electron chi connectivity index (χ2n) is 7.18. The van der Waals surface area contributed by atoms with Crippen molar-refractivity contribution in [2.45, 2.75) is 45.6 Å². The van der Waals surface area contributed by atoms with Crippen LogP contribution in [0.2, 0.25) is 0 Å². The van der Waals surface area contributed by atoms with Crippen LogP contribution in [0.5, 0.6) is 0 Å². The zero-order chi connectivity index (χ0) is 19.0. The molecule has 0 unspecified atom stereocenters. The van der Waals surface area contributed by atoms with Crippen molar-refractivity contribution in [1.82, 2.24) is 9.55 Å². The maximum atomic E-state index is 11.9. The first kappa shape index (κ1) is 17.8. The number of hydrogen-bond acceptors (Lipinski definition) is 4. The number of rotatable bonds is 5. The predicted octanol–water partition coefficient (Wildman–Crippen LogP) is 5.19. The second kappa shape index (κ2) is 7.19. The van der Waals surface area contributed by atoms with E-state index in [1.54, 1.807) is 11.3 Å². The molecular weight excluding hydrogens is 356 g/mol. The van der Waals surface area contributed by atoms with E-state index in [0.29, 0.717) is 11.6 Å². The Balaban J connectivity index is 1.71. The minimum atomic E-state index is -0.376. The zero-order valence-electron chi connectivity index (χ0n) is 15.7.